The van der Waals surface area contributed by atoms with Crippen molar-refractivity contribution in [3.8, 4) is 5.75 Å². The van der Waals surface area contributed by atoms with E-state index in [0.29, 0.717) is 13.2 Å². The molecule has 0 saturated carbocycles. The van der Waals surface area contributed by atoms with Crippen molar-refractivity contribution < 1.29 is 14.3 Å². The number of ether oxygens (including phenoxy) is 2. The Morgan fingerprint density at radius 2 is 2.17 bits per heavy atom. The molecule has 0 aromatic heterocycles. The van der Waals surface area contributed by atoms with Crippen LogP contribution in [0.25, 0.3) is 0 Å². The molecular formula is C19H26N2O3. The van der Waals surface area contributed by atoms with Crippen LogP contribution in [0.1, 0.15) is 36.8 Å². The minimum absolute atomic E-state index is 0.130. The second-order valence-corrected chi connectivity index (χ2v) is 6.52. The number of hydrogen-bond acceptors (Lipinski definition) is 3. The van der Waals surface area contributed by atoms with Crippen molar-refractivity contribution in [1.82, 2.24) is 10.6 Å². The first-order chi connectivity index (χ1) is 11.7. The third kappa shape index (κ3) is 4.74. The largest absolute Gasteiger partial charge is 0.491 e. The van der Waals surface area contributed by atoms with E-state index >= 15 is 0 Å². The summed E-state index contributed by atoms with van der Waals surface area (Å²) in [7, 11) is 0. The number of amides is 2. The van der Waals surface area contributed by atoms with Gasteiger partial charge < -0.3 is 20.1 Å². The topological polar surface area (TPSA) is 59.6 Å². The number of nitrogens with one attached hydrogen (secondary N) is 2. The van der Waals surface area contributed by atoms with Crippen molar-refractivity contribution in [2.24, 2.45) is 0 Å². The summed E-state index contributed by atoms with van der Waals surface area (Å²) in [5.41, 5.74) is 2.13. The van der Waals surface area contributed by atoms with Gasteiger partial charge in [-0.3, -0.25) is 0 Å². The van der Waals surface area contributed by atoms with Crippen LogP contribution in [0.3, 0.4) is 0 Å². The Morgan fingerprint density at radius 3 is 2.92 bits per heavy atom. The van der Waals surface area contributed by atoms with Gasteiger partial charge in [0.25, 0.3) is 0 Å². The smallest absolute Gasteiger partial charge is 0.315 e. The summed E-state index contributed by atoms with van der Waals surface area (Å²) >= 11 is 0. The van der Waals surface area contributed by atoms with Gasteiger partial charge in [-0.05, 0) is 44.2 Å². The van der Waals surface area contributed by atoms with Crippen LogP contribution in [-0.2, 0) is 11.3 Å². The third-order valence-corrected chi connectivity index (χ3v) is 4.45. The third-order valence-electron chi connectivity index (χ3n) is 4.45. The minimum Gasteiger partial charge on any atom is -0.491 e. The van der Waals surface area contributed by atoms with Crippen molar-refractivity contribution in [3.05, 3.63) is 41.5 Å². The van der Waals surface area contributed by atoms with Gasteiger partial charge in [-0.25, -0.2) is 4.79 Å². The van der Waals surface area contributed by atoms with Crippen molar-refractivity contribution >= 4 is 6.03 Å². The SMILES string of the molecule is Cc1ccc(CNC(=O)NC2CC=CC2)c(OCC2CCCO2)c1. The van der Waals surface area contributed by atoms with Crippen molar-refractivity contribution in [1.29, 1.82) is 0 Å². The summed E-state index contributed by atoms with van der Waals surface area (Å²) in [4.78, 5) is 12.0. The van der Waals surface area contributed by atoms with Crippen LogP contribution in [0.5, 0.6) is 5.75 Å². The highest BCUT2D eigenvalue weighted by atomic mass is 16.5. The van der Waals surface area contributed by atoms with Crippen LogP contribution in [-0.4, -0.2) is 31.4 Å². The lowest BCUT2D eigenvalue weighted by Gasteiger charge is -2.17. The van der Waals surface area contributed by atoms with E-state index in [1.54, 1.807) is 0 Å². The summed E-state index contributed by atoms with van der Waals surface area (Å²) < 4.78 is 11.6. The first-order valence-corrected chi connectivity index (χ1v) is 8.74. The molecule has 1 saturated heterocycles. The van der Waals surface area contributed by atoms with Crippen LogP contribution in [0, 0.1) is 6.92 Å². The first-order valence-electron chi connectivity index (χ1n) is 8.74. The maximum Gasteiger partial charge on any atom is 0.315 e. The predicted molar refractivity (Wildman–Crippen MR) is 93.2 cm³/mol. The molecule has 1 aliphatic carbocycles. The Bertz CT molecular complexity index is 586. The van der Waals surface area contributed by atoms with E-state index in [1.165, 1.54) is 0 Å². The lowest BCUT2D eigenvalue weighted by Crippen LogP contribution is -2.40. The zero-order chi connectivity index (χ0) is 16.8. The van der Waals surface area contributed by atoms with Crippen LogP contribution in [0.15, 0.2) is 30.4 Å². The zero-order valence-electron chi connectivity index (χ0n) is 14.2. The fourth-order valence-corrected chi connectivity index (χ4v) is 3.05. The molecule has 130 valence electrons. The number of carbonyl (C=O) groups is 1. The Hall–Kier alpha value is -2.01. The number of rotatable bonds is 6. The van der Waals surface area contributed by atoms with Crippen LogP contribution >= 0.6 is 0 Å². The fourth-order valence-electron chi connectivity index (χ4n) is 3.05. The number of aryl methyl sites for hydroxylation is 1. The molecule has 0 radical (unpaired) electrons. The van der Waals surface area contributed by atoms with Gasteiger partial charge in [0.2, 0.25) is 0 Å². The summed E-state index contributed by atoms with van der Waals surface area (Å²) in [5, 5.41) is 5.91. The number of urea groups is 1. The van der Waals surface area contributed by atoms with Crippen LogP contribution < -0.4 is 15.4 Å². The predicted octanol–water partition coefficient (Wildman–Crippen LogP) is 3.07. The molecule has 1 aromatic rings. The molecule has 1 aliphatic heterocycles. The fraction of sp³-hybridized carbons (Fsp3) is 0.526. The van der Waals surface area contributed by atoms with Gasteiger partial charge in [-0.1, -0.05) is 24.3 Å². The Morgan fingerprint density at radius 1 is 1.33 bits per heavy atom. The average Bonchev–Trinajstić information content (AvgIpc) is 3.25. The molecule has 3 rings (SSSR count). The Labute approximate surface area is 143 Å². The number of benzene rings is 1. The maximum atomic E-state index is 12.0. The lowest BCUT2D eigenvalue weighted by molar-refractivity contribution is 0.0676. The minimum atomic E-state index is -0.130. The first kappa shape index (κ1) is 16.8. The van der Waals surface area contributed by atoms with Gasteiger partial charge in [0, 0.05) is 24.8 Å². The van der Waals surface area contributed by atoms with Crippen LogP contribution in [0.4, 0.5) is 4.79 Å². The normalized spacial score (nSPS) is 20.3. The quantitative estimate of drug-likeness (QED) is 0.788. The summed E-state index contributed by atoms with van der Waals surface area (Å²) in [5.74, 6) is 0.827. The highest BCUT2D eigenvalue weighted by Gasteiger charge is 2.17. The van der Waals surface area contributed by atoms with Gasteiger partial charge in [0.15, 0.2) is 0 Å². The molecule has 2 N–H and O–H groups in total. The average molecular weight is 330 g/mol. The summed E-state index contributed by atoms with van der Waals surface area (Å²) in [6, 6.07) is 6.16. The molecule has 0 spiro atoms. The molecule has 5 heteroatoms. The van der Waals surface area contributed by atoms with Crippen molar-refractivity contribution in [3.63, 3.8) is 0 Å². The molecule has 1 aromatic carbocycles. The summed E-state index contributed by atoms with van der Waals surface area (Å²) in [6.07, 6.45) is 8.36. The Balaban J connectivity index is 1.52. The van der Waals surface area contributed by atoms with E-state index in [2.05, 4.69) is 22.8 Å². The van der Waals surface area contributed by atoms with Crippen LogP contribution in [0.2, 0.25) is 0 Å². The molecule has 1 atom stereocenters. The van der Waals surface area contributed by atoms with Gasteiger partial charge in [-0.2, -0.15) is 0 Å². The molecule has 24 heavy (non-hydrogen) atoms. The van der Waals surface area contributed by atoms with E-state index in [9.17, 15) is 4.79 Å². The zero-order valence-corrected chi connectivity index (χ0v) is 14.2. The number of hydrogen-bond donors (Lipinski definition) is 2. The van der Waals surface area contributed by atoms with Gasteiger partial charge >= 0.3 is 6.03 Å². The summed E-state index contributed by atoms with van der Waals surface area (Å²) in [6.45, 7) is 3.88. The van der Waals surface area contributed by atoms with Gasteiger partial charge in [-0.15, -0.1) is 0 Å². The molecule has 1 unspecified atom stereocenters. The second kappa shape index (κ2) is 8.20. The van der Waals surface area contributed by atoms with E-state index in [-0.39, 0.29) is 18.2 Å². The highest BCUT2D eigenvalue weighted by Crippen LogP contribution is 2.22. The molecule has 2 aliphatic rings. The Kier molecular flexibility index (Phi) is 5.75. The second-order valence-electron chi connectivity index (χ2n) is 6.52. The number of carbonyl (C=O) groups excluding carboxylic acids is 1. The molecule has 2 amide bonds. The maximum absolute atomic E-state index is 12.0. The molecule has 1 heterocycles. The molecule has 5 nitrogen and oxygen atoms in total. The van der Waals surface area contributed by atoms with Gasteiger partial charge in [0.1, 0.15) is 12.4 Å². The molecular weight excluding hydrogens is 304 g/mol. The van der Waals surface area contributed by atoms with E-state index in [0.717, 1.165) is 49.2 Å². The van der Waals surface area contributed by atoms with Crippen molar-refractivity contribution in [2.45, 2.75) is 51.3 Å². The monoisotopic (exact) mass is 330 g/mol. The standard InChI is InChI=1S/C19H26N2O3/c1-14-8-9-15(12-20-19(22)21-16-5-2-3-6-16)18(11-14)24-13-17-7-4-10-23-17/h2-3,8-9,11,16-17H,4-7,10,12-13H2,1H3,(H2,20,21,22). The van der Waals surface area contributed by atoms with E-state index in [1.807, 2.05) is 25.1 Å². The van der Waals surface area contributed by atoms with Crippen molar-refractivity contribution in [2.75, 3.05) is 13.2 Å². The highest BCUT2D eigenvalue weighted by molar-refractivity contribution is 5.74. The molecule has 1 fully saturated rings. The lowest BCUT2D eigenvalue weighted by atomic mass is 10.1. The van der Waals surface area contributed by atoms with E-state index < -0.39 is 0 Å². The van der Waals surface area contributed by atoms with E-state index in [4.69, 9.17) is 9.47 Å². The van der Waals surface area contributed by atoms with Gasteiger partial charge in [0.05, 0.1) is 6.10 Å². The molecule has 0 bridgehead atoms.